The molecule has 0 bridgehead atoms. The number of nitrogens with one attached hydrogen (secondary N) is 3. The van der Waals surface area contributed by atoms with Crippen molar-refractivity contribution < 1.29 is 29.0 Å². The van der Waals surface area contributed by atoms with E-state index in [1.165, 1.54) is 24.3 Å². The summed E-state index contributed by atoms with van der Waals surface area (Å²) >= 11 is 5.46. The number of hydrogen-bond acceptors (Lipinski definition) is 9. The largest absolute Gasteiger partial charge is 0.391 e. The molecule has 4 N–H and O–H groups in total. The molecule has 0 spiro atoms. The first-order chi connectivity index (χ1) is 16.6. The fraction of sp³-hybridized carbons (Fsp3) is 0.609. The number of thiazole rings is 1. The number of carbonyl (C=O) groups excluding carboxylic acids is 4. The average molecular weight is 527 g/mol. The Bertz CT molecular complexity index is 893. The quantitative estimate of drug-likeness (QED) is 0.205. The van der Waals surface area contributed by atoms with Gasteiger partial charge in [0.1, 0.15) is 18.2 Å². The average Bonchev–Trinajstić information content (AvgIpc) is 3.32. The molecule has 0 aliphatic carbocycles. The molecule has 1 aromatic heterocycles. The second kappa shape index (κ2) is 14.3. The molecule has 5 atom stereocenters. The van der Waals surface area contributed by atoms with Crippen molar-refractivity contribution >= 4 is 47.5 Å². The van der Waals surface area contributed by atoms with Crippen LogP contribution in [0, 0.1) is 5.92 Å². The van der Waals surface area contributed by atoms with E-state index in [-0.39, 0.29) is 25.4 Å². The maximum atomic E-state index is 13.0. The maximum Gasteiger partial charge on any atom is 0.291 e. The van der Waals surface area contributed by atoms with E-state index in [9.17, 15) is 24.3 Å². The van der Waals surface area contributed by atoms with Crippen molar-refractivity contribution in [1.82, 2.24) is 20.9 Å². The van der Waals surface area contributed by atoms with E-state index >= 15 is 0 Å². The second-order valence-corrected chi connectivity index (χ2v) is 9.84. The number of Topliss-reactive ketones (excluding diaryl/α,β-unsaturated/α-hetero) is 1. The van der Waals surface area contributed by atoms with Crippen LogP contribution in [-0.2, 0) is 30.3 Å². The number of thiol groups is 1. The third-order valence-corrected chi connectivity index (χ3v) is 6.41. The summed E-state index contributed by atoms with van der Waals surface area (Å²) in [4.78, 5) is 55.7. The zero-order chi connectivity index (χ0) is 26.0. The summed E-state index contributed by atoms with van der Waals surface area (Å²) in [6.07, 6.45) is 1.73. The minimum atomic E-state index is -1.19. The number of carbonyl (C=O) groups is 4. The molecule has 0 saturated carbocycles. The Morgan fingerprint density at radius 2 is 1.97 bits per heavy atom. The molecule has 0 aromatic carbocycles. The first kappa shape index (κ1) is 29.0. The minimum absolute atomic E-state index is 0.0237. The van der Waals surface area contributed by atoms with Crippen molar-refractivity contribution in [3.05, 3.63) is 28.7 Å². The standard InChI is InChI=1S/C23H34N4O6S2/c1-13(2)19-17(28)7-8-33-18(6-4-5-9-34)20(29)23(32)26-16(10-15-11-35-12-24-15)22(31)25-14(3)21(30)27-19/h4,6,11-14,16-19,28,34H,5,7-10H2,1-3H3,(H,25,31)(H,26,32)(H,27,30)/t14-,16-,17+,18+,19-/m1/s1. The summed E-state index contributed by atoms with van der Waals surface area (Å²) in [5, 5.41) is 20.3. The van der Waals surface area contributed by atoms with E-state index in [1.807, 2.05) is 13.8 Å². The number of ether oxygens (including phenoxy) is 1. The summed E-state index contributed by atoms with van der Waals surface area (Å²) < 4.78 is 5.66. The Kier molecular flexibility index (Phi) is 11.8. The molecular weight excluding hydrogens is 492 g/mol. The lowest BCUT2D eigenvalue weighted by Crippen LogP contribution is -2.57. The van der Waals surface area contributed by atoms with Crippen molar-refractivity contribution in [1.29, 1.82) is 0 Å². The first-order valence-corrected chi connectivity index (χ1v) is 13.1. The van der Waals surface area contributed by atoms with Crippen molar-refractivity contribution in [3.8, 4) is 0 Å². The van der Waals surface area contributed by atoms with Crippen LogP contribution in [0.3, 0.4) is 0 Å². The number of aliphatic hydroxyl groups excluding tert-OH is 1. The van der Waals surface area contributed by atoms with Crippen LogP contribution in [0.2, 0.25) is 0 Å². The Hall–Kier alpha value is -2.28. The molecule has 10 nitrogen and oxygen atoms in total. The fourth-order valence-corrected chi connectivity index (χ4v) is 4.22. The minimum Gasteiger partial charge on any atom is -0.391 e. The van der Waals surface area contributed by atoms with E-state index in [2.05, 4.69) is 33.6 Å². The van der Waals surface area contributed by atoms with Crippen LogP contribution in [0.4, 0.5) is 0 Å². The van der Waals surface area contributed by atoms with E-state index in [0.29, 0.717) is 17.9 Å². The highest BCUT2D eigenvalue weighted by Gasteiger charge is 2.33. The molecule has 1 saturated heterocycles. The van der Waals surface area contributed by atoms with Gasteiger partial charge in [-0.2, -0.15) is 12.6 Å². The molecule has 35 heavy (non-hydrogen) atoms. The molecule has 1 fully saturated rings. The van der Waals surface area contributed by atoms with Crippen LogP contribution >= 0.6 is 24.0 Å². The van der Waals surface area contributed by atoms with Gasteiger partial charge in [-0.1, -0.05) is 26.0 Å². The number of aliphatic hydroxyl groups is 1. The zero-order valence-electron chi connectivity index (χ0n) is 20.1. The number of hydrogen-bond donors (Lipinski definition) is 5. The highest BCUT2D eigenvalue weighted by Crippen LogP contribution is 2.13. The predicted molar refractivity (Wildman–Crippen MR) is 135 cm³/mol. The van der Waals surface area contributed by atoms with Gasteiger partial charge >= 0.3 is 0 Å². The summed E-state index contributed by atoms with van der Waals surface area (Å²) in [6, 6.07) is -2.68. The van der Waals surface area contributed by atoms with E-state index in [4.69, 9.17) is 4.74 Å². The second-order valence-electron chi connectivity index (χ2n) is 8.67. The van der Waals surface area contributed by atoms with Crippen LogP contribution in [0.1, 0.15) is 39.3 Å². The molecule has 1 aromatic rings. The van der Waals surface area contributed by atoms with Crippen LogP contribution in [0.25, 0.3) is 0 Å². The lowest BCUT2D eigenvalue weighted by molar-refractivity contribution is -0.144. The summed E-state index contributed by atoms with van der Waals surface area (Å²) in [7, 11) is 0. The highest BCUT2D eigenvalue weighted by molar-refractivity contribution is 7.80. The Morgan fingerprint density at radius 1 is 1.23 bits per heavy atom. The van der Waals surface area contributed by atoms with E-state index < -0.39 is 53.8 Å². The number of ketones is 1. The summed E-state index contributed by atoms with van der Waals surface area (Å²) in [5.74, 6) is -2.54. The number of nitrogens with zero attached hydrogens (tertiary/aromatic N) is 1. The topological polar surface area (TPSA) is 147 Å². The van der Waals surface area contributed by atoms with Crippen LogP contribution in [0.15, 0.2) is 23.0 Å². The van der Waals surface area contributed by atoms with Gasteiger partial charge in [0.15, 0.2) is 0 Å². The van der Waals surface area contributed by atoms with Gasteiger partial charge in [0.05, 0.1) is 30.0 Å². The van der Waals surface area contributed by atoms with Gasteiger partial charge < -0.3 is 25.8 Å². The molecule has 12 heteroatoms. The number of allylic oxidation sites excluding steroid dienone is 1. The van der Waals surface area contributed by atoms with Crippen molar-refractivity contribution in [2.45, 2.75) is 70.4 Å². The van der Waals surface area contributed by atoms with Gasteiger partial charge in [-0.15, -0.1) is 11.3 Å². The first-order valence-electron chi connectivity index (χ1n) is 11.5. The third kappa shape index (κ3) is 9.02. The number of aromatic nitrogens is 1. The number of rotatable bonds is 6. The fourth-order valence-electron chi connectivity index (χ4n) is 3.50. The lowest BCUT2D eigenvalue weighted by atomic mass is 9.96. The molecule has 2 heterocycles. The van der Waals surface area contributed by atoms with Gasteiger partial charge in [-0.05, 0) is 31.4 Å². The van der Waals surface area contributed by atoms with E-state index in [0.717, 1.165) is 0 Å². The highest BCUT2D eigenvalue weighted by atomic mass is 32.1. The smallest absolute Gasteiger partial charge is 0.291 e. The van der Waals surface area contributed by atoms with Gasteiger partial charge in [0.2, 0.25) is 11.8 Å². The Balaban J connectivity index is 2.35. The molecule has 0 unspecified atom stereocenters. The lowest BCUT2D eigenvalue weighted by Gasteiger charge is -2.29. The van der Waals surface area contributed by atoms with Gasteiger partial charge in [0, 0.05) is 11.8 Å². The van der Waals surface area contributed by atoms with Gasteiger partial charge in [0.25, 0.3) is 11.7 Å². The van der Waals surface area contributed by atoms with Gasteiger partial charge in [-0.3, -0.25) is 19.2 Å². The van der Waals surface area contributed by atoms with E-state index in [1.54, 1.807) is 17.0 Å². The molecular formula is C23H34N4O6S2. The monoisotopic (exact) mass is 526 g/mol. The van der Waals surface area contributed by atoms with Crippen molar-refractivity contribution in [2.75, 3.05) is 12.4 Å². The van der Waals surface area contributed by atoms with Crippen LogP contribution < -0.4 is 16.0 Å². The number of amides is 3. The Labute approximate surface area is 214 Å². The molecule has 1 aliphatic rings. The molecule has 3 amide bonds. The van der Waals surface area contributed by atoms with Crippen LogP contribution in [-0.4, -0.2) is 76.3 Å². The van der Waals surface area contributed by atoms with Crippen LogP contribution in [0.5, 0.6) is 0 Å². The van der Waals surface area contributed by atoms with Gasteiger partial charge in [-0.25, -0.2) is 4.98 Å². The molecule has 194 valence electrons. The predicted octanol–water partition coefficient (Wildman–Crippen LogP) is 0.411. The summed E-state index contributed by atoms with van der Waals surface area (Å²) in [6.45, 7) is 5.19. The summed E-state index contributed by atoms with van der Waals surface area (Å²) in [5.41, 5.74) is 2.15. The third-order valence-electron chi connectivity index (χ3n) is 5.51. The maximum absolute atomic E-state index is 13.0. The zero-order valence-corrected chi connectivity index (χ0v) is 21.8. The van der Waals surface area contributed by atoms with Crippen molar-refractivity contribution in [2.24, 2.45) is 5.92 Å². The molecule has 2 rings (SSSR count). The Morgan fingerprint density at radius 3 is 2.60 bits per heavy atom. The molecule has 1 aliphatic heterocycles. The van der Waals surface area contributed by atoms with Crippen molar-refractivity contribution in [3.63, 3.8) is 0 Å². The molecule has 0 radical (unpaired) electrons. The normalized spacial score (nSPS) is 27.8. The SMILES string of the molecule is CC(C)[C@H]1NC(=O)[C@@H](C)NC(=O)[C@@H](Cc2cscn2)NC(=O)C(=O)[C@H](C=CCCS)OCC[C@@H]1O.